The number of nitrogens with two attached hydrogens (primary N) is 1. The molecule has 0 unspecified atom stereocenters. The summed E-state index contributed by atoms with van der Waals surface area (Å²) >= 11 is 0. The number of amides is 1. The summed E-state index contributed by atoms with van der Waals surface area (Å²) in [6.45, 7) is 2.20. The number of aromatic nitrogens is 2. The number of nitrogens with zero attached hydrogens (tertiary/aromatic N) is 2. The quantitative estimate of drug-likeness (QED) is 0.885. The van der Waals surface area contributed by atoms with Crippen molar-refractivity contribution >= 4 is 5.91 Å². The van der Waals surface area contributed by atoms with Gasteiger partial charge in [-0.3, -0.25) is 9.48 Å². The van der Waals surface area contributed by atoms with E-state index in [0.29, 0.717) is 11.4 Å². The third kappa shape index (κ3) is 2.51. The van der Waals surface area contributed by atoms with Gasteiger partial charge in [-0.2, -0.15) is 0 Å². The van der Waals surface area contributed by atoms with E-state index >= 15 is 0 Å². The zero-order valence-corrected chi connectivity index (χ0v) is 10.4. The first-order valence-corrected chi connectivity index (χ1v) is 5.58. The van der Waals surface area contributed by atoms with E-state index in [2.05, 4.69) is 5.10 Å². The Balaban J connectivity index is 2.20. The second-order valence-electron chi connectivity index (χ2n) is 4.08. The Kier molecular flexibility index (Phi) is 3.32. The third-order valence-electron chi connectivity index (χ3n) is 2.73. The number of benzene rings is 1. The van der Waals surface area contributed by atoms with Gasteiger partial charge in [-0.1, -0.05) is 12.1 Å². The molecule has 1 aromatic carbocycles. The molecule has 18 heavy (non-hydrogen) atoms. The molecule has 0 bridgehead atoms. The highest BCUT2D eigenvalue weighted by Crippen LogP contribution is 2.16. The lowest BCUT2D eigenvalue weighted by Crippen LogP contribution is -2.15. The number of carbonyl (C=O) groups is 1. The zero-order chi connectivity index (χ0) is 13.1. The summed E-state index contributed by atoms with van der Waals surface area (Å²) in [4.78, 5) is 11.3. The first-order valence-electron chi connectivity index (χ1n) is 5.58. The highest BCUT2D eigenvalue weighted by molar-refractivity contribution is 5.94. The maximum atomic E-state index is 11.3. The Morgan fingerprint density at radius 3 is 2.83 bits per heavy atom. The standard InChI is InChI=1S/C13H15N3O2/c1-9-4-3-5-10(13(14)17)11(9)8-18-12-6-7-16(2)15-12/h3-7H,8H2,1-2H3,(H2,14,17). The molecule has 0 spiro atoms. The normalized spacial score (nSPS) is 10.3. The molecule has 5 heteroatoms. The topological polar surface area (TPSA) is 70.1 Å². The molecule has 0 atom stereocenters. The van der Waals surface area contributed by atoms with Gasteiger partial charge in [-0.05, 0) is 18.6 Å². The van der Waals surface area contributed by atoms with Gasteiger partial charge in [0.15, 0.2) is 0 Å². The largest absolute Gasteiger partial charge is 0.472 e. The molecule has 0 saturated carbocycles. The fourth-order valence-corrected chi connectivity index (χ4v) is 1.74. The minimum Gasteiger partial charge on any atom is -0.472 e. The van der Waals surface area contributed by atoms with Crippen LogP contribution in [0.25, 0.3) is 0 Å². The maximum absolute atomic E-state index is 11.3. The fraction of sp³-hybridized carbons (Fsp3) is 0.231. The molecule has 1 aromatic heterocycles. The average Bonchev–Trinajstić information content (AvgIpc) is 2.73. The van der Waals surface area contributed by atoms with Crippen molar-refractivity contribution in [3.8, 4) is 5.88 Å². The van der Waals surface area contributed by atoms with Crippen molar-refractivity contribution in [1.29, 1.82) is 0 Å². The molecule has 0 saturated heterocycles. The smallest absolute Gasteiger partial charge is 0.249 e. The second kappa shape index (κ2) is 4.91. The van der Waals surface area contributed by atoms with E-state index in [0.717, 1.165) is 11.1 Å². The van der Waals surface area contributed by atoms with Crippen LogP contribution in [0.5, 0.6) is 5.88 Å². The van der Waals surface area contributed by atoms with Gasteiger partial charge in [0.1, 0.15) is 6.61 Å². The van der Waals surface area contributed by atoms with Gasteiger partial charge in [0, 0.05) is 30.4 Å². The number of hydrogen-bond donors (Lipinski definition) is 1. The predicted molar refractivity (Wildman–Crippen MR) is 67.2 cm³/mol. The number of aryl methyl sites for hydroxylation is 2. The van der Waals surface area contributed by atoms with Gasteiger partial charge in [-0.25, -0.2) is 0 Å². The molecule has 94 valence electrons. The van der Waals surface area contributed by atoms with Crippen molar-refractivity contribution in [3.05, 3.63) is 47.2 Å². The van der Waals surface area contributed by atoms with E-state index < -0.39 is 5.91 Å². The van der Waals surface area contributed by atoms with Crippen molar-refractivity contribution in [2.75, 3.05) is 0 Å². The van der Waals surface area contributed by atoms with Crippen LogP contribution in [0.2, 0.25) is 0 Å². The molecule has 0 fully saturated rings. The summed E-state index contributed by atoms with van der Waals surface area (Å²) in [7, 11) is 1.81. The molecule has 0 aliphatic rings. The van der Waals surface area contributed by atoms with Gasteiger partial charge in [0.25, 0.3) is 0 Å². The van der Waals surface area contributed by atoms with Crippen molar-refractivity contribution in [2.45, 2.75) is 13.5 Å². The van der Waals surface area contributed by atoms with Crippen LogP contribution in [0.4, 0.5) is 0 Å². The van der Waals surface area contributed by atoms with Crippen molar-refractivity contribution < 1.29 is 9.53 Å². The Labute approximate surface area is 105 Å². The Morgan fingerprint density at radius 1 is 1.44 bits per heavy atom. The Bertz CT molecular complexity index is 575. The molecule has 2 aromatic rings. The lowest BCUT2D eigenvalue weighted by Gasteiger charge is -2.10. The SMILES string of the molecule is Cc1cccc(C(N)=O)c1COc1ccn(C)n1. The minimum atomic E-state index is -0.446. The monoisotopic (exact) mass is 245 g/mol. The lowest BCUT2D eigenvalue weighted by molar-refractivity contribution is 0.0997. The third-order valence-corrected chi connectivity index (χ3v) is 2.73. The fourth-order valence-electron chi connectivity index (χ4n) is 1.74. The molecule has 2 N–H and O–H groups in total. The molecular weight excluding hydrogens is 230 g/mol. The molecule has 0 radical (unpaired) electrons. The summed E-state index contributed by atoms with van der Waals surface area (Å²) in [6, 6.07) is 7.19. The summed E-state index contributed by atoms with van der Waals surface area (Å²) < 4.78 is 7.20. The lowest BCUT2D eigenvalue weighted by atomic mass is 10.0. The van der Waals surface area contributed by atoms with Crippen LogP contribution in [0.15, 0.2) is 30.5 Å². The van der Waals surface area contributed by atoms with Crippen LogP contribution in [0.3, 0.4) is 0 Å². The van der Waals surface area contributed by atoms with Gasteiger partial charge < -0.3 is 10.5 Å². The zero-order valence-electron chi connectivity index (χ0n) is 10.4. The van der Waals surface area contributed by atoms with Crippen LogP contribution in [0, 0.1) is 6.92 Å². The highest BCUT2D eigenvalue weighted by Gasteiger charge is 2.11. The van der Waals surface area contributed by atoms with E-state index in [9.17, 15) is 4.79 Å². The molecule has 2 rings (SSSR count). The van der Waals surface area contributed by atoms with E-state index in [4.69, 9.17) is 10.5 Å². The second-order valence-corrected chi connectivity index (χ2v) is 4.08. The number of carbonyl (C=O) groups excluding carboxylic acids is 1. The summed E-state index contributed by atoms with van der Waals surface area (Å²) in [5, 5.41) is 4.11. The van der Waals surface area contributed by atoms with Crippen LogP contribution in [0.1, 0.15) is 21.5 Å². The molecule has 1 heterocycles. The van der Waals surface area contributed by atoms with Crippen LogP contribution >= 0.6 is 0 Å². The minimum absolute atomic E-state index is 0.280. The first kappa shape index (κ1) is 12.2. The predicted octanol–water partition coefficient (Wildman–Crippen LogP) is 1.41. The number of rotatable bonds is 4. The van der Waals surface area contributed by atoms with E-state index in [1.165, 1.54) is 0 Å². The Morgan fingerprint density at radius 2 is 2.22 bits per heavy atom. The average molecular weight is 245 g/mol. The van der Waals surface area contributed by atoms with Crippen molar-refractivity contribution in [2.24, 2.45) is 12.8 Å². The number of primary amides is 1. The molecule has 1 amide bonds. The molecule has 5 nitrogen and oxygen atoms in total. The van der Waals surface area contributed by atoms with Crippen LogP contribution < -0.4 is 10.5 Å². The molecular formula is C13H15N3O2. The number of ether oxygens (including phenoxy) is 1. The summed E-state index contributed by atoms with van der Waals surface area (Å²) in [5.41, 5.74) is 7.61. The van der Waals surface area contributed by atoms with E-state index in [-0.39, 0.29) is 6.61 Å². The maximum Gasteiger partial charge on any atom is 0.249 e. The molecule has 0 aliphatic heterocycles. The van der Waals surface area contributed by atoms with Crippen molar-refractivity contribution in [1.82, 2.24) is 9.78 Å². The van der Waals surface area contributed by atoms with Crippen molar-refractivity contribution in [3.63, 3.8) is 0 Å². The first-order chi connectivity index (χ1) is 8.58. The van der Waals surface area contributed by atoms with Gasteiger partial charge in [0.05, 0.1) is 0 Å². The Hall–Kier alpha value is -2.30. The van der Waals surface area contributed by atoms with Crippen LogP contribution in [-0.2, 0) is 13.7 Å². The highest BCUT2D eigenvalue weighted by atomic mass is 16.5. The van der Waals surface area contributed by atoms with Gasteiger partial charge in [0.2, 0.25) is 11.8 Å². The number of hydrogen-bond acceptors (Lipinski definition) is 3. The van der Waals surface area contributed by atoms with Gasteiger partial charge in [-0.15, -0.1) is 5.10 Å². The summed E-state index contributed by atoms with van der Waals surface area (Å²) in [6.07, 6.45) is 1.79. The van der Waals surface area contributed by atoms with Gasteiger partial charge >= 0.3 is 0 Å². The van der Waals surface area contributed by atoms with E-state index in [1.54, 1.807) is 29.1 Å². The molecule has 0 aliphatic carbocycles. The van der Waals surface area contributed by atoms with Crippen LogP contribution in [-0.4, -0.2) is 15.7 Å². The van der Waals surface area contributed by atoms with E-state index in [1.807, 2.05) is 20.0 Å². The summed E-state index contributed by atoms with van der Waals surface area (Å²) in [5.74, 6) is 0.0782.